The summed E-state index contributed by atoms with van der Waals surface area (Å²) in [6.45, 7) is 4.90. The number of non-ortho nitro benzene ring substituents is 1. The Morgan fingerprint density at radius 3 is 2.85 bits per heavy atom. The Labute approximate surface area is 155 Å². The predicted octanol–water partition coefficient (Wildman–Crippen LogP) is 0.716. The number of ether oxygens (including phenoxy) is 4. The van der Waals surface area contributed by atoms with Gasteiger partial charge in [0.2, 0.25) is 12.2 Å². The number of carbonyl (C=O) groups excluding carboxylic acids is 1. The molecule has 27 heavy (non-hydrogen) atoms. The Balaban J connectivity index is 1.83. The van der Waals surface area contributed by atoms with E-state index < -0.39 is 41.4 Å². The third-order valence-corrected chi connectivity index (χ3v) is 4.34. The smallest absolute Gasteiger partial charge is 0.273 e. The summed E-state index contributed by atoms with van der Waals surface area (Å²) in [6.07, 6.45) is -3.56. The number of carbonyl (C=O) groups is 1. The molecule has 2 fully saturated rings. The highest BCUT2D eigenvalue weighted by Crippen LogP contribution is 2.33. The van der Waals surface area contributed by atoms with Crippen molar-refractivity contribution < 1.29 is 33.8 Å². The largest absolute Gasteiger partial charge is 0.462 e. The summed E-state index contributed by atoms with van der Waals surface area (Å²) in [5.74, 6) is -1.12. The van der Waals surface area contributed by atoms with Gasteiger partial charge in [0.1, 0.15) is 30.1 Å². The van der Waals surface area contributed by atoms with E-state index >= 15 is 0 Å². The lowest BCUT2D eigenvalue weighted by molar-refractivity contribution is -0.385. The quantitative estimate of drug-likeness (QED) is 0.575. The summed E-state index contributed by atoms with van der Waals surface area (Å²) >= 11 is 0. The molecule has 10 nitrogen and oxygen atoms in total. The number of aliphatic hydroxyl groups is 1. The fraction of sp³-hybridized carbons (Fsp3) is 0.588. The highest BCUT2D eigenvalue weighted by atomic mass is 16.8. The van der Waals surface area contributed by atoms with Crippen molar-refractivity contribution in [1.29, 1.82) is 0 Å². The molecule has 148 valence electrons. The molecule has 0 bridgehead atoms. The second-order valence-electron chi connectivity index (χ2n) is 6.93. The minimum absolute atomic E-state index is 0.149. The monoisotopic (exact) mass is 382 g/mol. The Hall–Kier alpha value is -2.27. The van der Waals surface area contributed by atoms with E-state index in [0.29, 0.717) is 0 Å². The first-order chi connectivity index (χ1) is 12.7. The van der Waals surface area contributed by atoms with E-state index in [-0.39, 0.29) is 24.0 Å². The number of amides is 1. The first-order valence-corrected chi connectivity index (χ1v) is 8.50. The number of fused-ring (bicyclic) bond motifs is 1. The number of nitrogens with zero attached hydrogens (tertiary/aromatic N) is 1. The van der Waals surface area contributed by atoms with E-state index in [4.69, 9.17) is 18.9 Å². The van der Waals surface area contributed by atoms with Crippen LogP contribution in [0.4, 0.5) is 5.69 Å². The first-order valence-electron chi connectivity index (χ1n) is 8.50. The van der Waals surface area contributed by atoms with Gasteiger partial charge < -0.3 is 29.4 Å². The van der Waals surface area contributed by atoms with Crippen LogP contribution in [0.3, 0.4) is 0 Å². The average Bonchev–Trinajstić information content (AvgIpc) is 2.59. The van der Waals surface area contributed by atoms with E-state index in [2.05, 4.69) is 5.32 Å². The lowest BCUT2D eigenvalue weighted by Gasteiger charge is -2.49. The Morgan fingerprint density at radius 1 is 1.44 bits per heavy atom. The van der Waals surface area contributed by atoms with Crippen LogP contribution in [0.25, 0.3) is 0 Å². The second-order valence-corrected chi connectivity index (χ2v) is 6.93. The van der Waals surface area contributed by atoms with Crippen molar-refractivity contribution in [3.05, 3.63) is 34.4 Å². The van der Waals surface area contributed by atoms with Gasteiger partial charge in [-0.3, -0.25) is 14.9 Å². The summed E-state index contributed by atoms with van der Waals surface area (Å²) in [5.41, 5.74) is -0.149. The molecule has 10 heteroatoms. The van der Waals surface area contributed by atoms with E-state index in [1.807, 2.05) is 0 Å². The molecule has 1 amide bonds. The fourth-order valence-corrected chi connectivity index (χ4v) is 3.14. The van der Waals surface area contributed by atoms with Gasteiger partial charge in [-0.1, -0.05) is 6.07 Å². The topological polar surface area (TPSA) is 129 Å². The Kier molecular flexibility index (Phi) is 5.33. The SMILES string of the molecule is CC(=O)NC1C(Oc2cccc([N+](=O)[O-])c2)OC2COC(C)(C)OC2C1O. The maximum atomic E-state index is 11.6. The second kappa shape index (κ2) is 7.39. The zero-order chi connectivity index (χ0) is 19.8. The zero-order valence-corrected chi connectivity index (χ0v) is 15.2. The van der Waals surface area contributed by atoms with Crippen molar-refractivity contribution in [1.82, 2.24) is 5.32 Å². The third-order valence-electron chi connectivity index (χ3n) is 4.34. The van der Waals surface area contributed by atoms with E-state index in [1.165, 1.54) is 31.2 Å². The number of hydrogen-bond donors (Lipinski definition) is 2. The van der Waals surface area contributed by atoms with Gasteiger partial charge in [-0.2, -0.15) is 0 Å². The minimum Gasteiger partial charge on any atom is -0.462 e. The van der Waals surface area contributed by atoms with E-state index in [9.17, 15) is 20.0 Å². The molecular formula is C17H22N2O8. The van der Waals surface area contributed by atoms with Gasteiger partial charge in [-0.25, -0.2) is 0 Å². The number of nitro groups is 1. The number of nitrogens with one attached hydrogen (secondary N) is 1. The van der Waals surface area contributed by atoms with Crippen molar-refractivity contribution in [2.24, 2.45) is 0 Å². The highest BCUT2D eigenvalue weighted by Gasteiger charge is 2.52. The van der Waals surface area contributed by atoms with Gasteiger partial charge in [0.15, 0.2) is 5.79 Å². The molecule has 0 aliphatic carbocycles. The zero-order valence-electron chi connectivity index (χ0n) is 15.2. The maximum Gasteiger partial charge on any atom is 0.273 e. The molecule has 0 aromatic heterocycles. The maximum absolute atomic E-state index is 11.6. The number of aliphatic hydroxyl groups excluding tert-OH is 1. The van der Waals surface area contributed by atoms with E-state index in [0.717, 1.165) is 0 Å². The van der Waals surface area contributed by atoms with E-state index in [1.54, 1.807) is 13.8 Å². The van der Waals surface area contributed by atoms with Crippen molar-refractivity contribution >= 4 is 11.6 Å². The molecule has 0 spiro atoms. The van der Waals surface area contributed by atoms with Gasteiger partial charge in [0, 0.05) is 13.0 Å². The van der Waals surface area contributed by atoms with Crippen LogP contribution < -0.4 is 10.1 Å². The van der Waals surface area contributed by atoms with Crippen molar-refractivity contribution in [3.8, 4) is 5.75 Å². The molecule has 0 saturated carbocycles. The first kappa shape index (κ1) is 19.5. The van der Waals surface area contributed by atoms with Gasteiger partial charge in [0.25, 0.3) is 5.69 Å². The molecule has 2 saturated heterocycles. The van der Waals surface area contributed by atoms with Crippen LogP contribution in [0.5, 0.6) is 5.75 Å². The fourth-order valence-electron chi connectivity index (χ4n) is 3.14. The summed E-state index contributed by atoms with van der Waals surface area (Å²) in [4.78, 5) is 22.0. The Bertz CT molecular complexity index is 725. The summed E-state index contributed by atoms with van der Waals surface area (Å²) in [5, 5.41) is 24.3. The number of rotatable bonds is 4. The van der Waals surface area contributed by atoms with Crippen molar-refractivity contribution in [2.45, 2.75) is 57.2 Å². The lowest BCUT2D eigenvalue weighted by Crippen LogP contribution is -2.69. The molecule has 2 heterocycles. The van der Waals surface area contributed by atoms with Crippen molar-refractivity contribution in [2.75, 3.05) is 6.61 Å². The average molecular weight is 382 g/mol. The summed E-state index contributed by atoms with van der Waals surface area (Å²) in [7, 11) is 0. The molecule has 2 aliphatic rings. The molecule has 2 N–H and O–H groups in total. The van der Waals surface area contributed by atoms with Crippen LogP contribution in [-0.4, -0.2) is 59.0 Å². The minimum atomic E-state index is -1.13. The van der Waals surface area contributed by atoms with Crippen LogP contribution in [0.15, 0.2) is 24.3 Å². The molecule has 0 radical (unpaired) electrons. The molecule has 1 aromatic rings. The molecule has 3 rings (SSSR count). The van der Waals surface area contributed by atoms with Crippen LogP contribution in [-0.2, 0) is 19.0 Å². The van der Waals surface area contributed by atoms with Crippen LogP contribution in [0.1, 0.15) is 20.8 Å². The van der Waals surface area contributed by atoms with Crippen LogP contribution >= 0.6 is 0 Å². The van der Waals surface area contributed by atoms with Crippen molar-refractivity contribution in [3.63, 3.8) is 0 Å². The predicted molar refractivity (Wildman–Crippen MR) is 90.9 cm³/mol. The van der Waals surface area contributed by atoms with Gasteiger partial charge in [0.05, 0.1) is 17.6 Å². The molecule has 5 atom stereocenters. The third kappa shape index (κ3) is 4.35. The summed E-state index contributed by atoms with van der Waals surface area (Å²) < 4.78 is 22.9. The Morgan fingerprint density at radius 2 is 2.19 bits per heavy atom. The number of benzene rings is 1. The normalized spacial score (nSPS) is 32.2. The molecular weight excluding hydrogens is 360 g/mol. The molecule has 2 aliphatic heterocycles. The number of nitro benzene ring substituents is 1. The van der Waals surface area contributed by atoms with Gasteiger partial charge >= 0.3 is 0 Å². The van der Waals surface area contributed by atoms with Gasteiger partial charge in [-0.05, 0) is 19.9 Å². The molecule has 1 aromatic carbocycles. The van der Waals surface area contributed by atoms with Gasteiger partial charge in [-0.15, -0.1) is 0 Å². The highest BCUT2D eigenvalue weighted by molar-refractivity contribution is 5.73. The molecule has 5 unspecified atom stereocenters. The van der Waals surface area contributed by atoms with Crippen LogP contribution in [0, 0.1) is 10.1 Å². The standard InChI is InChI=1S/C17H22N2O8/c1-9(20)18-13-14(21)15-12(8-24-17(2,3)27-15)26-16(13)25-11-6-4-5-10(7-11)19(22)23/h4-7,12-16,21H,8H2,1-3H3,(H,18,20). The summed E-state index contributed by atoms with van der Waals surface area (Å²) in [6, 6.07) is 4.63. The lowest BCUT2D eigenvalue weighted by atomic mass is 9.95. The number of hydrogen-bond acceptors (Lipinski definition) is 8. The van der Waals surface area contributed by atoms with Crippen LogP contribution in [0.2, 0.25) is 0 Å².